The van der Waals surface area contributed by atoms with Crippen molar-refractivity contribution in [1.82, 2.24) is 9.80 Å². The van der Waals surface area contributed by atoms with Gasteiger partial charge in [0.15, 0.2) is 0 Å². The van der Waals surface area contributed by atoms with Gasteiger partial charge in [0.1, 0.15) is 18.9 Å². The Morgan fingerprint density at radius 2 is 1.59 bits per heavy atom. The molecule has 1 unspecified atom stereocenters. The third-order valence-electron chi connectivity index (χ3n) is 5.88. The van der Waals surface area contributed by atoms with Crippen molar-refractivity contribution in [2.45, 2.75) is 45.9 Å². The van der Waals surface area contributed by atoms with Crippen LogP contribution in [0.5, 0.6) is 0 Å². The van der Waals surface area contributed by atoms with Gasteiger partial charge >= 0.3 is 0 Å². The zero-order valence-electron chi connectivity index (χ0n) is 20.1. The average molecular weight is 463 g/mol. The summed E-state index contributed by atoms with van der Waals surface area (Å²) in [5, 5.41) is 0. The second kappa shape index (κ2) is 13.4. The van der Waals surface area contributed by atoms with Crippen molar-refractivity contribution >= 4 is 11.8 Å². The predicted molar refractivity (Wildman–Crippen MR) is 132 cm³/mol. The minimum Gasteiger partial charge on any atom is -0.467 e. The van der Waals surface area contributed by atoms with Crippen LogP contribution >= 0.6 is 0 Å². The Balaban J connectivity index is 1.63. The first-order valence-corrected chi connectivity index (χ1v) is 11.8. The summed E-state index contributed by atoms with van der Waals surface area (Å²) in [6.07, 6.45) is 3.08. The fraction of sp³-hybridized carbons (Fsp3) is 0.357. The van der Waals surface area contributed by atoms with E-state index in [0.29, 0.717) is 25.5 Å². The Hall–Kier alpha value is -3.38. The lowest BCUT2D eigenvalue weighted by Gasteiger charge is -2.31. The molecule has 0 aliphatic heterocycles. The second-order valence-electron chi connectivity index (χ2n) is 8.39. The van der Waals surface area contributed by atoms with E-state index in [1.54, 1.807) is 16.1 Å². The Kier molecular flexibility index (Phi) is 9.92. The van der Waals surface area contributed by atoms with Crippen molar-refractivity contribution in [3.63, 3.8) is 0 Å². The van der Waals surface area contributed by atoms with Crippen LogP contribution in [0.25, 0.3) is 0 Å². The SMILES string of the molecule is CCC(C)N(CC(=O)N(CCc1ccccc1)Cc1ccco1)C(=O)COCc1ccccc1. The van der Waals surface area contributed by atoms with Gasteiger partial charge in [0, 0.05) is 12.6 Å². The lowest BCUT2D eigenvalue weighted by atomic mass is 10.1. The van der Waals surface area contributed by atoms with E-state index in [2.05, 4.69) is 12.1 Å². The highest BCUT2D eigenvalue weighted by Crippen LogP contribution is 2.12. The monoisotopic (exact) mass is 462 g/mol. The van der Waals surface area contributed by atoms with Crippen LogP contribution in [0.4, 0.5) is 0 Å². The number of carbonyl (C=O) groups excluding carboxylic acids is 2. The molecule has 180 valence electrons. The molecule has 0 saturated heterocycles. The minimum atomic E-state index is -0.181. The van der Waals surface area contributed by atoms with Gasteiger partial charge in [-0.2, -0.15) is 0 Å². The Labute approximate surface area is 202 Å². The zero-order valence-corrected chi connectivity index (χ0v) is 20.1. The van der Waals surface area contributed by atoms with Gasteiger partial charge in [-0.15, -0.1) is 0 Å². The number of amides is 2. The Bertz CT molecular complexity index is 990. The quantitative estimate of drug-likeness (QED) is 0.370. The zero-order chi connectivity index (χ0) is 24.2. The van der Waals surface area contributed by atoms with Crippen LogP contribution in [-0.2, 0) is 33.9 Å². The molecule has 0 bridgehead atoms. The fourth-order valence-electron chi connectivity index (χ4n) is 3.66. The maximum absolute atomic E-state index is 13.4. The van der Waals surface area contributed by atoms with Crippen LogP contribution in [0.3, 0.4) is 0 Å². The van der Waals surface area contributed by atoms with Gasteiger partial charge in [-0.25, -0.2) is 0 Å². The summed E-state index contributed by atoms with van der Waals surface area (Å²) in [4.78, 5) is 29.8. The van der Waals surface area contributed by atoms with Gasteiger partial charge in [0.05, 0.1) is 19.4 Å². The van der Waals surface area contributed by atoms with Crippen LogP contribution in [-0.4, -0.2) is 47.4 Å². The first-order chi connectivity index (χ1) is 16.6. The molecule has 0 N–H and O–H groups in total. The number of carbonyl (C=O) groups is 2. The van der Waals surface area contributed by atoms with Crippen LogP contribution in [0.2, 0.25) is 0 Å². The van der Waals surface area contributed by atoms with Crippen LogP contribution in [0, 0.1) is 0 Å². The maximum Gasteiger partial charge on any atom is 0.249 e. The summed E-state index contributed by atoms with van der Waals surface area (Å²) >= 11 is 0. The molecule has 0 saturated carbocycles. The second-order valence-corrected chi connectivity index (χ2v) is 8.39. The molecule has 3 aromatic rings. The lowest BCUT2D eigenvalue weighted by Crippen LogP contribution is -2.48. The summed E-state index contributed by atoms with van der Waals surface area (Å²) in [6, 6.07) is 23.4. The van der Waals surface area contributed by atoms with E-state index in [-0.39, 0.29) is 31.0 Å². The third-order valence-corrected chi connectivity index (χ3v) is 5.88. The first-order valence-electron chi connectivity index (χ1n) is 11.8. The van der Waals surface area contributed by atoms with Crippen molar-refractivity contribution in [3.05, 3.63) is 95.9 Å². The number of nitrogens with zero attached hydrogens (tertiary/aromatic N) is 2. The van der Waals surface area contributed by atoms with Gasteiger partial charge in [0.2, 0.25) is 11.8 Å². The van der Waals surface area contributed by atoms with Crippen LogP contribution < -0.4 is 0 Å². The van der Waals surface area contributed by atoms with Gasteiger partial charge in [-0.1, -0.05) is 67.6 Å². The molecule has 6 nitrogen and oxygen atoms in total. The normalized spacial score (nSPS) is 11.7. The highest BCUT2D eigenvalue weighted by atomic mass is 16.5. The summed E-state index contributed by atoms with van der Waals surface area (Å²) in [5.41, 5.74) is 2.16. The van der Waals surface area contributed by atoms with Crippen molar-refractivity contribution in [2.24, 2.45) is 0 Å². The van der Waals surface area contributed by atoms with Crippen molar-refractivity contribution in [3.8, 4) is 0 Å². The molecule has 1 aromatic heterocycles. The number of rotatable bonds is 13. The van der Waals surface area contributed by atoms with Gasteiger partial charge < -0.3 is 19.0 Å². The summed E-state index contributed by atoms with van der Waals surface area (Å²) < 4.78 is 11.1. The van der Waals surface area contributed by atoms with Crippen LogP contribution in [0.1, 0.15) is 37.2 Å². The van der Waals surface area contributed by atoms with E-state index in [1.165, 1.54) is 0 Å². The summed E-state index contributed by atoms with van der Waals surface area (Å²) in [5.74, 6) is 0.428. The molecule has 0 radical (unpaired) electrons. The molecule has 6 heteroatoms. The molecule has 3 rings (SSSR count). The molecule has 1 atom stereocenters. The standard InChI is InChI=1S/C28H34N2O4/c1-3-23(2)30(28(32)22-33-21-25-13-8-5-9-14-25)20-27(31)29(19-26-15-10-18-34-26)17-16-24-11-6-4-7-12-24/h4-15,18,23H,3,16-17,19-22H2,1-2H3. The first kappa shape index (κ1) is 25.2. The lowest BCUT2D eigenvalue weighted by molar-refractivity contribution is -0.146. The molecule has 2 aromatic carbocycles. The number of ether oxygens (including phenoxy) is 1. The summed E-state index contributed by atoms with van der Waals surface area (Å²) in [7, 11) is 0. The number of furan rings is 1. The predicted octanol–water partition coefficient (Wildman–Crippen LogP) is 4.69. The molecule has 34 heavy (non-hydrogen) atoms. The van der Waals surface area contributed by atoms with E-state index in [0.717, 1.165) is 24.0 Å². The van der Waals surface area contributed by atoms with Crippen LogP contribution in [0.15, 0.2) is 83.5 Å². The third kappa shape index (κ3) is 7.89. The molecule has 2 amide bonds. The largest absolute Gasteiger partial charge is 0.467 e. The highest BCUT2D eigenvalue weighted by molar-refractivity contribution is 5.85. The molecule has 0 fully saturated rings. The number of hydrogen-bond donors (Lipinski definition) is 0. The topological polar surface area (TPSA) is 63.0 Å². The van der Waals surface area contributed by atoms with E-state index in [4.69, 9.17) is 9.15 Å². The molecular weight excluding hydrogens is 428 g/mol. The van der Waals surface area contributed by atoms with Gasteiger partial charge in [-0.05, 0) is 43.0 Å². The van der Waals surface area contributed by atoms with E-state index >= 15 is 0 Å². The van der Waals surface area contributed by atoms with E-state index in [9.17, 15) is 9.59 Å². The van der Waals surface area contributed by atoms with E-state index in [1.807, 2.05) is 74.5 Å². The molecule has 0 aliphatic rings. The van der Waals surface area contributed by atoms with E-state index < -0.39 is 0 Å². The van der Waals surface area contributed by atoms with Crippen molar-refractivity contribution in [1.29, 1.82) is 0 Å². The van der Waals surface area contributed by atoms with Crippen molar-refractivity contribution < 1.29 is 18.7 Å². The Morgan fingerprint density at radius 3 is 2.21 bits per heavy atom. The maximum atomic E-state index is 13.4. The molecule has 1 heterocycles. The Morgan fingerprint density at radius 1 is 0.912 bits per heavy atom. The smallest absolute Gasteiger partial charge is 0.249 e. The average Bonchev–Trinajstić information content (AvgIpc) is 3.39. The van der Waals surface area contributed by atoms with Gasteiger partial charge in [-0.3, -0.25) is 9.59 Å². The minimum absolute atomic E-state index is 0.0119. The molecule has 0 aliphatic carbocycles. The summed E-state index contributed by atoms with van der Waals surface area (Å²) in [6.45, 7) is 5.19. The number of hydrogen-bond acceptors (Lipinski definition) is 4. The van der Waals surface area contributed by atoms with Gasteiger partial charge in [0.25, 0.3) is 0 Å². The van der Waals surface area contributed by atoms with Crippen molar-refractivity contribution in [2.75, 3.05) is 19.7 Å². The number of benzene rings is 2. The molecule has 0 spiro atoms. The fourth-order valence-corrected chi connectivity index (χ4v) is 3.66. The highest BCUT2D eigenvalue weighted by Gasteiger charge is 2.25. The molecular formula is C28H34N2O4.